The average molecular weight is 399 g/mol. The standard InChI is InChI=1S/C19H14FN3O4S/c20-12-3-5-13(6-4-12)23-18(25)17-15(7-9-28-17)22(19(23)26)11-16(24)21-10-14-2-1-8-27-14/h1-9H,10-11H2,(H,21,24). The Hall–Kier alpha value is -3.46. The lowest BCUT2D eigenvalue weighted by molar-refractivity contribution is -0.121. The summed E-state index contributed by atoms with van der Waals surface area (Å²) >= 11 is 1.17. The third kappa shape index (κ3) is 3.27. The number of hydrogen-bond acceptors (Lipinski definition) is 5. The number of thiophene rings is 1. The summed E-state index contributed by atoms with van der Waals surface area (Å²) in [5, 5.41) is 4.35. The number of amides is 1. The fourth-order valence-corrected chi connectivity index (χ4v) is 3.68. The molecule has 0 aliphatic rings. The summed E-state index contributed by atoms with van der Waals surface area (Å²) < 4.78 is 20.9. The lowest BCUT2D eigenvalue weighted by Crippen LogP contribution is -2.41. The molecule has 28 heavy (non-hydrogen) atoms. The van der Waals surface area contributed by atoms with Crippen LogP contribution in [0.5, 0.6) is 0 Å². The molecule has 9 heteroatoms. The quantitative estimate of drug-likeness (QED) is 0.558. The van der Waals surface area contributed by atoms with E-state index in [4.69, 9.17) is 4.42 Å². The number of carbonyl (C=O) groups is 1. The lowest BCUT2D eigenvalue weighted by Gasteiger charge is -2.12. The van der Waals surface area contributed by atoms with Gasteiger partial charge in [0.25, 0.3) is 5.56 Å². The highest BCUT2D eigenvalue weighted by molar-refractivity contribution is 7.17. The number of fused-ring (bicyclic) bond motifs is 1. The molecule has 0 bridgehead atoms. The Morgan fingerprint density at radius 3 is 2.64 bits per heavy atom. The predicted molar refractivity (Wildman–Crippen MR) is 102 cm³/mol. The van der Waals surface area contributed by atoms with Crippen LogP contribution in [0.1, 0.15) is 5.76 Å². The van der Waals surface area contributed by atoms with Crippen molar-refractivity contribution in [1.82, 2.24) is 14.5 Å². The molecule has 1 N–H and O–H groups in total. The average Bonchev–Trinajstić information content (AvgIpc) is 3.37. The van der Waals surface area contributed by atoms with Crippen LogP contribution >= 0.6 is 11.3 Å². The van der Waals surface area contributed by atoms with E-state index in [1.165, 1.54) is 46.4 Å². The molecule has 0 saturated heterocycles. The van der Waals surface area contributed by atoms with Crippen LogP contribution in [-0.4, -0.2) is 15.0 Å². The van der Waals surface area contributed by atoms with E-state index in [0.29, 0.717) is 16.0 Å². The second-order valence-electron chi connectivity index (χ2n) is 5.98. The molecule has 0 spiro atoms. The molecule has 3 heterocycles. The number of hydrogen-bond donors (Lipinski definition) is 1. The third-order valence-electron chi connectivity index (χ3n) is 4.18. The molecule has 0 radical (unpaired) electrons. The van der Waals surface area contributed by atoms with Gasteiger partial charge in [-0.2, -0.15) is 0 Å². The smallest absolute Gasteiger partial charge is 0.336 e. The highest BCUT2D eigenvalue weighted by Crippen LogP contribution is 2.16. The van der Waals surface area contributed by atoms with Crippen molar-refractivity contribution in [3.05, 3.63) is 86.5 Å². The molecular formula is C19H14FN3O4S. The monoisotopic (exact) mass is 399 g/mol. The molecule has 0 aliphatic carbocycles. The van der Waals surface area contributed by atoms with E-state index in [1.54, 1.807) is 23.6 Å². The second kappa shape index (κ2) is 7.28. The van der Waals surface area contributed by atoms with Crippen molar-refractivity contribution < 1.29 is 13.6 Å². The number of furan rings is 1. The molecule has 0 unspecified atom stereocenters. The van der Waals surface area contributed by atoms with Crippen LogP contribution in [0, 0.1) is 5.82 Å². The zero-order chi connectivity index (χ0) is 19.7. The van der Waals surface area contributed by atoms with E-state index in [2.05, 4.69) is 5.32 Å². The number of aromatic nitrogens is 2. The number of nitrogens with zero attached hydrogens (tertiary/aromatic N) is 2. The summed E-state index contributed by atoms with van der Waals surface area (Å²) in [4.78, 5) is 38.1. The predicted octanol–water partition coefficient (Wildman–Crippen LogP) is 2.26. The van der Waals surface area contributed by atoms with Crippen molar-refractivity contribution in [3.8, 4) is 5.69 Å². The van der Waals surface area contributed by atoms with Gasteiger partial charge < -0.3 is 9.73 Å². The number of rotatable bonds is 5. The Labute approximate surface area is 161 Å². The topological polar surface area (TPSA) is 86.2 Å². The van der Waals surface area contributed by atoms with Crippen LogP contribution in [0.3, 0.4) is 0 Å². The summed E-state index contributed by atoms with van der Waals surface area (Å²) in [5.74, 6) is -0.306. The molecular weight excluding hydrogens is 385 g/mol. The van der Waals surface area contributed by atoms with Crippen molar-refractivity contribution in [2.24, 2.45) is 0 Å². The first-order valence-electron chi connectivity index (χ1n) is 8.32. The van der Waals surface area contributed by atoms with Crippen LogP contribution in [0.4, 0.5) is 4.39 Å². The van der Waals surface area contributed by atoms with Crippen LogP contribution in [0.25, 0.3) is 15.9 Å². The molecule has 0 saturated carbocycles. The normalized spacial score (nSPS) is 11.0. The zero-order valence-corrected chi connectivity index (χ0v) is 15.2. The van der Waals surface area contributed by atoms with Crippen molar-refractivity contribution in [2.75, 3.05) is 0 Å². The minimum Gasteiger partial charge on any atom is -0.467 e. The van der Waals surface area contributed by atoms with Gasteiger partial charge in [-0.05, 0) is 47.8 Å². The fraction of sp³-hybridized carbons (Fsp3) is 0.105. The minimum absolute atomic E-state index is 0.185. The van der Waals surface area contributed by atoms with Crippen molar-refractivity contribution in [2.45, 2.75) is 13.1 Å². The summed E-state index contributed by atoms with van der Waals surface area (Å²) in [6, 6.07) is 10.1. The SMILES string of the molecule is O=C(Cn1c(=O)n(-c2ccc(F)cc2)c(=O)c2sccc21)NCc1ccco1. The third-order valence-corrected chi connectivity index (χ3v) is 5.07. The van der Waals surface area contributed by atoms with Gasteiger partial charge in [-0.3, -0.25) is 14.2 Å². The summed E-state index contributed by atoms with van der Waals surface area (Å²) in [7, 11) is 0. The zero-order valence-electron chi connectivity index (χ0n) is 14.4. The first kappa shape index (κ1) is 17.9. The maximum absolute atomic E-state index is 13.2. The number of halogens is 1. The first-order chi connectivity index (χ1) is 13.5. The molecule has 4 aromatic rings. The van der Waals surface area contributed by atoms with Gasteiger partial charge in [0.1, 0.15) is 22.8 Å². The molecule has 3 aromatic heterocycles. The van der Waals surface area contributed by atoms with E-state index < -0.39 is 23.0 Å². The molecule has 4 rings (SSSR count). The number of benzene rings is 1. The van der Waals surface area contributed by atoms with Gasteiger partial charge in [0.05, 0.1) is 24.0 Å². The molecule has 142 valence electrons. The first-order valence-corrected chi connectivity index (χ1v) is 9.20. The molecule has 0 aliphatic heterocycles. The summed E-state index contributed by atoms with van der Waals surface area (Å²) in [5.41, 5.74) is -0.563. The van der Waals surface area contributed by atoms with Crippen LogP contribution in [0.15, 0.2) is 68.1 Å². The largest absolute Gasteiger partial charge is 0.467 e. The van der Waals surface area contributed by atoms with Crippen molar-refractivity contribution in [1.29, 1.82) is 0 Å². The fourth-order valence-electron chi connectivity index (χ4n) is 2.86. The van der Waals surface area contributed by atoms with Crippen LogP contribution in [-0.2, 0) is 17.9 Å². The molecule has 1 aromatic carbocycles. The van der Waals surface area contributed by atoms with E-state index >= 15 is 0 Å². The van der Waals surface area contributed by atoms with Gasteiger partial charge in [-0.25, -0.2) is 13.8 Å². The van der Waals surface area contributed by atoms with Gasteiger partial charge in [0, 0.05) is 0 Å². The van der Waals surface area contributed by atoms with E-state index in [-0.39, 0.29) is 18.8 Å². The Morgan fingerprint density at radius 2 is 1.93 bits per heavy atom. The van der Waals surface area contributed by atoms with Gasteiger partial charge in [0.15, 0.2) is 0 Å². The van der Waals surface area contributed by atoms with E-state index in [0.717, 1.165) is 4.57 Å². The van der Waals surface area contributed by atoms with E-state index in [9.17, 15) is 18.8 Å². The summed E-state index contributed by atoms with van der Waals surface area (Å²) in [6.07, 6.45) is 1.50. The highest BCUT2D eigenvalue weighted by atomic mass is 32.1. The van der Waals surface area contributed by atoms with Crippen LogP contribution in [0.2, 0.25) is 0 Å². The lowest BCUT2D eigenvalue weighted by atomic mass is 10.3. The number of carbonyl (C=O) groups excluding carboxylic acids is 1. The van der Waals surface area contributed by atoms with Gasteiger partial charge in [-0.15, -0.1) is 11.3 Å². The molecule has 1 amide bonds. The highest BCUT2D eigenvalue weighted by Gasteiger charge is 2.17. The van der Waals surface area contributed by atoms with Crippen molar-refractivity contribution in [3.63, 3.8) is 0 Å². The van der Waals surface area contributed by atoms with Gasteiger partial charge in [-0.1, -0.05) is 0 Å². The second-order valence-corrected chi connectivity index (χ2v) is 6.89. The summed E-state index contributed by atoms with van der Waals surface area (Å²) in [6.45, 7) is -0.0841. The molecule has 0 atom stereocenters. The van der Waals surface area contributed by atoms with Gasteiger partial charge in [0.2, 0.25) is 5.91 Å². The van der Waals surface area contributed by atoms with Crippen LogP contribution < -0.4 is 16.6 Å². The van der Waals surface area contributed by atoms with E-state index in [1.807, 2.05) is 0 Å². The Morgan fingerprint density at radius 1 is 1.14 bits per heavy atom. The van der Waals surface area contributed by atoms with Crippen molar-refractivity contribution >= 4 is 27.5 Å². The Kier molecular flexibility index (Phi) is 4.66. The van der Waals surface area contributed by atoms with Gasteiger partial charge >= 0.3 is 5.69 Å². The minimum atomic E-state index is -0.671. The number of nitrogens with one attached hydrogen (secondary N) is 1. The maximum atomic E-state index is 13.2. The Balaban J connectivity index is 1.74. The molecule has 7 nitrogen and oxygen atoms in total. The molecule has 0 fully saturated rings. The maximum Gasteiger partial charge on any atom is 0.336 e. The Bertz CT molecular complexity index is 1250.